The van der Waals surface area contributed by atoms with Crippen LogP contribution in [-0.4, -0.2) is 39.3 Å². The van der Waals surface area contributed by atoms with E-state index in [-0.39, 0.29) is 30.3 Å². The fraction of sp³-hybridized carbons (Fsp3) is 0.619. The van der Waals surface area contributed by atoms with Crippen molar-refractivity contribution in [3.63, 3.8) is 0 Å². The molecule has 3 fully saturated rings. The number of nitrogens with two attached hydrogens (primary N) is 1. The number of methoxy groups -OCH3 is 1. The molecule has 2 unspecified atom stereocenters. The van der Waals surface area contributed by atoms with Gasteiger partial charge in [-0.05, 0) is 79.0 Å². The number of carbonyl (C=O) groups is 1. The first-order valence-corrected chi connectivity index (χ1v) is 10.7. The van der Waals surface area contributed by atoms with Crippen LogP contribution >= 0.6 is 12.4 Å². The van der Waals surface area contributed by atoms with Crippen LogP contribution in [0.4, 0.5) is 5.69 Å². The molecule has 30 heavy (non-hydrogen) atoms. The minimum atomic E-state index is 0. The van der Waals surface area contributed by atoms with Crippen LogP contribution in [0.15, 0.2) is 18.2 Å². The van der Waals surface area contributed by atoms with Gasteiger partial charge in [-0.3, -0.25) is 4.79 Å². The van der Waals surface area contributed by atoms with E-state index in [4.69, 9.17) is 10.5 Å². The van der Waals surface area contributed by atoms with Crippen LogP contribution in [-0.2, 0) is 4.79 Å². The average Bonchev–Trinajstić information content (AvgIpc) is 3.44. The summed E-state index contributed by atoms with van der Waals surface area (Å²) in [7, 11) is 1.63. The second kappa shape index (κ2) is 8.51. The van der Waals surface area contributed by atoms with Gasteiger partial charge in [0.1, 0.15) is 11.4 Å². The Kier molecular flexibility index (Phi) is 5.97. The highest BCUT2D eigenvalue weighted by Crippen LogP contribution is 2.43. The quantitative estimate of drug-likeness (QED) is 0.751. The largest absolute Gasteiger partial charge is 0.494 e. The van der Waals surface area contributed by atoms with Crippen molar-refractivity contribution in [1.82, 2.24) is 20.2 Å². The Morgan fingerprint density at radius 3 is 2.60 bits per heavy atom. The van der Waals surface area contributed by atoms with Crippen molar-refractivity contribution in [2.45, 2.75) is 56.9 Å². The molecule has 8 nitrogen and oxygen atoms in total. The van der Waals surface area contributed by atoms with E-state index in [1.54, 1.807) is 11.8 Å². The Labute approximate surface area is 182 Å². The molecule has 1 heterocycles. The van der Waals surface area contributed by atoms with Gasteiger partial charge < -0.3 is 15.8 Å². The molecule has 0 radical (unpaired) electrons. The second-order valence-electron chi connectivity index (χ2n) is 8.80. The zero-order valence-electron chi connectivity index (χ0n) is 17.2. The smallest absolute Gasteiger partial charge is 0.227 e. The lowest BCUT2D eigenvalue weighted by atomic mass is 9.65. The number of ether oxygens (including phenoxy) is 1. The molecular formula is C21H29ClN6O2. The molecular weight excluding hydrogens is 404 g/mol. The summed E-state index contributed by atoms with van der Waals surface area (Å²) in [6.45, 7) is 0. The van der Waals surface area contributed by atoms with Gasteiger partial charge in [0.25, 0.3) is 0 Å². The molecule has 0 spiro atoms. The number of tetrazole rings is 1. The maximum atomic E-state index is 13.0. The SMILES string of the molecule is COc1ccc(NC(=O)C2CC3CCCC(C2)C3N)cc1-n1nnnc1C1CC1.Cl. The molecule has 2 aromatic rings. The maximum Gasteiger partial charge on any atom is 0.227 e. The van der Waals surface area contributed by atoms with Crippen molar-refractivity contribution in [3.05, 3.63) is 24.0 Å². The molecule has 3 N–H and O–H groups in total. The monoisotopic (exact) mass is 432 g/mol. The van der Waals surface area contributed by atoms with Gasteiger partial charge in [-0.25, -0.2) is 0 Å². The molecule has 3 aliphatic carbocycles. The third-order valence-corrected chi connectivity index (χ3v) is 6.89. The normalized spacial score (nSPS) is 27.8. The highest BCUT2D eigenvalue weighted by atomic mass is 35.5. The Bertz CT molecular complexity index is 901. The van der Waals surface area contributed by atoms with E-state index in [9.17, 15) is 4.79 Å². The van der Waals surface area contributed by atoms with E-state index >= 15 is 0 Å². The van der Waals surface area contributed by atoms with Gasteiger partial charge >= 0.3 is 0 Å². The topological polar surface area (TPSA) is 108 Å². The van der Waals surface area contributed by atoms with E-state index in [0.717, 1.165) is 55.7 Å². The number of nitrogens with zero attached hydrogens (tertiary/aromatic N) is 4. The third-order valence-electron chi connectivity index (χ3n) is 6.89. The van der Waals surface area contributed by atoms with Gasteiger partial charge in [-0.1, -0.05) is 6.42 Å². The first kappa shape index (κ1) is 21.1. The zero-order chi connectivity index (χ0) is 20.0. The molecule has 3 saturated carbocycles. The summed E-state index contributed by atoms with van der Waals surface area (Å²) in [5.74, 6) is 3.00. The number of fused-ring (bicyclic) bond motifs is 2. The van der Waals surface area contributed by atoms with Crippen LogP contribution in [0.1, 0.15) is 56.7 Å². The van der Waals surface area contributed by atoms with Gasteiger partial charge in [0.15, 0.2) is 5.82 Å². The number of anilines is 1. The van der Waals surface area contributed by atoms with Crippen molar-refractivity contribution in [2.24, 2.45) is 23.5 Å². The minimum Gasteiger partial charge on any atom is -0.494 e. The number of hydrogen-bond acceptors (Lipinski definition) is 6. The average molecular weight is 433 g/mol. The highest BCUT2D eigenvalue weighted by Gasteiger charge is 2.40. The number of halogens is 1. The summed E-state index contributed by atoms with van der Waals surface area (Å²) in [4.78, 5) is 13.0. The van der Waals surface area contributed by atoms with E-state index in [1.807, 2.05) is 18.2 Å². The lowest BCUT2D eigenvalue weighted by Gasteiger charge is -2.43. The zero-order valence-corrected chi connectivity index (χ0v) is 18.0. The summed E-state index contributed by atoms with van der Waals surface area (Å²) >= 11 is 0. The van der Waals surface area contributed by atoms with Crippen molar-refractivity contribution < 1.29 is 9.53 Å². The summed E-state index contributed by atoms with van der Waals surface area (Å²) in [6.07, 6.45) is 7.54. The Balaban J connectivity index is 0.00000218. The summed E-state index contributed by atoms with van der Waals surface area (Å²) in [5.41, 5.74) is 7.87. The van der Waals surface area contributed by atoms with E-state index in [2.05, 4.69) is 20.8 Å². The lowest BCUT2D eigenvalue weighted by Crippen LogP contribution is -2.48. The molecule has 2 atom stereocenters. The van der Waals surface area contributed by atoms with Gasteiger partial charge in [0.05, 0.1) is 7.11 Å². The van der Waals surface area contributed by atoms with E-state index in [1.165, 1.54) is 6.42 Å². The van der Waals surface area contributed by atoms with Crippen molar-refractivity contribution >= 4 is 24.0 Å². The van der Waals surface area contributed by atoms with E-state index < -0.39 is 0 Å². The molecule has 9 heteroatoms. The molecule has 0 aliphatic heterocycles. The number of nitrogens with one attached hydrogen (secondary N) is 1. The fourth-order valence-electron chi connectivity index (χ4n) is 5.14. The van der Waals surface area contributed by atoms with Crippen molar-refractivity contribution in [1.29, 1.82) is 0 Å². The van der Waals surface area contributed by atoms with Crippen LogP contribution in [0.25, 0.3) is 5.69 Å². The lowest BCUT2D eigenvalue weighted by molar-refractivity contribution is -0.122. The van der Waals surface area contributed by atoms with Crippen LogP contribution in [0, 0.1) is 17.8 Å². The molecule has 1 amide bonds. The molecule has 1 aromatic heterocycles. The number of aromatic nitrogens is 4. The van der Waals surface area contributed by atoms with Crippen LogP contribution in [0.3, 0.4) is 0 Å². The fourth-order valence-corrected chi connectivity index (χ4v) is 5.14. The maximum absolute atomic E-state index is 13.0. The molecule has 1 aromatic carbocycles. The van der Waals surface area contributed by atoms with Crippen LogP contribution in [0.5, 0.6) is 5.75 Å². The van der Waals surface area contributed by atoms with Gasteiger partial charge in [-0.15, -0.1) is 17.5 Å². The van der Waals surface area contributed by atoms with Crippen LogP contribution in [0.2, 0.25) is 0 Å². The Morgan fingerprint density at radius 1 is 1.20 bits per heavy atom. The molecule has 162 valence electrons. The second-order valence-corrected chi connectivity index (χ2v) is 8.80. The van der Waals surface area contributed by atoms with E-state index in [0.29, 0.717) is 23.5 Å². The molecule has 0 saturated heterocycles. The number of amides is 1. The Hall–Kier alpha value is -2.19. The number of rotatable bonds is 5. The summed E-state index contributed by atoms with van der Waals surface area (Å²) < 4.78 is 7.25. The third kappa shape index (κ3) is 3.90. The molecule has 5 rings (SSSR count). The standard InChI is InChI=1S/C21H28N6O2.ClH/c1-29-18-8-7-16(11-17(18)27-20(12-5-6-12)24-25-26-27)23-21(28)15-9-13-3-2-4-14(10-15)19(13)22;/h7-8,11-15,19H,2-6,9-10,22H2,1H3,(H,23,28);1H. The molecule has 2 bridgehead atoms. The first-order chi connectivity index (χ1) is 14.1. The predicted octanol–water partition coefficient (Wildman–Crippen LogP) is 3.06. The van der Waals surface area contributed by atoms with Gasteiger partial charge in [-0.2, -0.15) is 4.68 Å². The highest BCUT2D eigenvalue weighted by molar-refractivity contribution is 5.93. The summed E-state index contributed by atoms with van der Waals surface area (Å²) in [5, 5.41) is 15.3. The number of hydrogen-bond donors (Lipinski definition) is 2. The summed E-state index contributed by atoms with van der Waals surface area (Å²) in [6, 6.07) is 5.89. The van der Waals surface area contributed by atoms with Gasteiger partial charge in [0.2, 0.25) is 5.91 Å². The van der Waals surface area contributed by atoms with Crippen molar-refractivity contribution in [2.75, 3.05) is 12.4 Å². The molecule has 3 aliphatic rings. The first-order valence-electron chi connectivity index (χ1n) is 10.7. The number of benzene rings is 1. The Morgan fingerprint density at radius 2 is 1.93 bits per heavy atom. The number of carbonyl (C=O) groups excluding carboxylic acids is 1. The van der Waals surface area contributed by atoms with Crippen molar-refractivity contribution in [3.8, 4) is 11.4 Å². The predicted molar refractivity (Wildman–Crippen MR) is 115 cm³/mol. The van der Waals surface area contributed by atoms with Crippen LogP contribution < -0.4 is 15.8 Å². The minimum absolute atomic E-state index is 0. The van der Waals surface area contributed by atoms with Gasteiger partial charge in [0, 0.05) is 23.6 Å².